The Morgan fingerprint density at radius 3 is 2.74 bits per heavy atom. The second kappa shape index (κ2) is 5.10. The van der Waals surface area contributed by atoms with Crippen molar-refractivity contribution in [3.8, 4) is 0 Å². The minimum absolute atomic E-state index is 0.189. The minimum Gasteiger partial charge on any atom is -0.368 e. The number of rotatable bonds is 3. The van der Waals surface area contributed by atoms with Gasteiger partial charge in [-0.1, -0.05) is 6.07 Å². The van der Waals surface area contributed by atoms with Crippen LogP contribution in [0.4, 0.5) is 11.9 Å². The fourth-order valence-corrected chi connectivity index (χ4v) is 3.42. The first-order valence-corrected chi connectivity index (χ1v) is 7.13. The highest BCUT2D eigenvalue weighted by atomic mass is 32.1. The zero-order valence-electron chi connectivity index (χ0n) is 10.5. The van der Waals surface area contributed by atoms with Crippen LogP contribution >= 0.6 is 11.3 Å². The Hall–Kier alpha value is -1.73. The molecule has 0 aromatic carbocycles. The zero-order valence-corrected chi connectivity index (χ0v) is 11.3. The first-order chi connectivity index (χ1) is 9.22. The Bertz CT molecular complexity index is 535. The molecule has 100 valence electrons. The lowest BCUT2D eigenvalue weighted by Gasteiger charge is -2.22. The number of aromatic nitrogens is 3. The molecule has 0 saturated carbocycles. The van der Waals surface area contributed by atoms with Crippen molar-refractivity contribution < 1.29 is 0 Å². The van der Waals surface area contributed by atoms with E-state index in [1.165, 1.54) is 17.7 Å². The smallest absolute Gasteiger partial charge is 0.225 e. The predicted molar refractivity (Wildman–Crippen MR) is 75.4 cm³/mol. The molecule has 3 rings (SSSR count). The van der Waals surface area contributed by atoms with Crippen LogP contribution in [0.2, 0.25) is 0 Å². The number of nitrogen functional groups attached to an aromatic ring is 2. The Morgan fingerprint density at radius 1 is 1.26 bits per heavy atom. The van der Waals surface area contributed by atoms with Gasteiger partial charge in [0, 0.05) is 10.9 Å². The molecule has 2 aromatic heterocycles. The Kier molecular flexibility index (Phi) is 3.31. The molecule has 0 spiro atoms. The SMILES string of the molecule is Nc1nc(N)nc(CN2CCC[C@H]2c2cccs2)n1. The Morgan fingerprint density at radius 2 is 2.05 bits per heavy atom. The predicted octanol–water partition coefficient (Wildman–Crippen LogP) is 1.43. The lowest BCUT2D eigenvalue weighted by molar-refractivity contribution is 0.245. The summed E-state index contributed by atoms with van der Waals surface area (Å²) in [6.45, 7) is 1.72. The van der Waals surface area contributed by atoms with Gasteiger partial charge in [-0.25, -0.2) is 0 Å². The van der Waals surface area contributed by atoms with E-state index in [1.54, 1.807) is 11.3 Å². The number of thiophene rings is 1. The molecule has 1 atom stereocenters. The van der Waals surface area contributed by atoms with Crippen LogP contribution in [0, 0.1) is 0 Å². The van der Waals surface area contributed by atoms with Gasteiger partial charge in [-0.05, 0) is 30.8 Å². The van der Waals surface area contributed by atoms with E-state index in [-0.39, 0.29) is 11.9 Å². The van der Waals surface area contributed by atoms with Crippen LogP contribution in [0.15, 0.2) is 17.5 Å². The molecule has 0 amide bonds. The third kappa shape index (κ3) is 2.66. The van der Waals surface area contributed by atoms with Gasteiger partial charge < -0.3 is 11.5 Å². The normalized spacial score (nSPS) is 19.9. The maximum absolute atomic E-state index is 5.60. The molecule has 0 aliphatic carbocycles. The first kappa shape index (κ1) is 12.3. The molecule has 1 aliphatic rings. The van der Waals surface area contributed by atoms with Gasteiger partial charge in [-0.3, -0.25) is 4.90 Å². The second-order valence-corrected chi connectivity index (χ2v) is 5.59. The van der Waals surface area contributed by atoms with E-state index in [4.69, 9.17) is 11.5 Å². The maximum atomic E-state index is 5.60. The van der Waals surface area contributed by atoms with Gasteiger partial charge in [0.15, 0.2) is 0 Å². The quantitative estimate of drug-likeness (QED) is 0.881. The van der Waals surface area contributed by atoms with E-state index >= 15 is 0 Å². The molecule has 2 aromatic rings. The van der Waals surface area contributed by atoms with Crippen LogP contribution in [0.25, 0.3) is 0 Å². The molecule has 7 heteroatoms. The van der Waals surface area contributed by atoms with Gasteiger partial charge in [0.05, 0.1) is 6.54 Å². The molecule has 0 bridgehead atoms. The molecule has 6 nitrogen and oxygen atoms in total. The summed E-state index contributed by atoms with van der Waals surface area (Å²) in [5.41, 5.74) is 11.2. The van der Waals surface area contributed by atoms with E-state index in [1.807, 2.05) is 0 Å². The fourth-order valence-electron chi connectivity index (χ4n) is 2.53. The van der Waals surface area contributed by atoms with Crippen molar-refractivity contribution in [3.63, 3.8) is 0 Å². The first-order valence-electron chi connectivity index (χ1n) is 6.26. The number of hydrogen-bond donors (Lipinski definition) is 2. The van der Waals surface area contributed by atoms with Gasteiger partial charge in [0.2, 0.25) is 11.9 Å². The van der Waals surface area contributed by atoms with Crippen LogP contribution in [-0.4, -0.2) is 26.4 Å². The largest absolute Gasteiger partial charge is 0.368 e. The molecular formula is C12H16N6S. The Balaban J connectivity index is 1.78. The molecule has 4 N–H and O–H groups in total. The minimum atomic E-state index is 0.189. The number of likely N-dealkylation sites (tertiary alicyclic amines) is 1. The fraction of sp³-hybridized carbons (Fsp3) is 0.417. The second-order valence-electron chi connectivity index (χ2n) is 4.61. The maximum Gasteiger partial charge on any atom is 0.225 e. The van der Waals surface area contributed by atoms with Crippen molar-refractivity contribution in [2.24, 2.45) is 0 Å². The van der Waals surface area contributed by atoms with Crippen molar-refractivity contribution in [3.05, 3.63) is 28.2 Å². The zero-order chi connectivity index (χ0) is 13.2. The van der Waals surface area contributed by atoms with E-state index in [9.17, 15) is 0 Å². The lowest BCUT2D eigenvalue weighted by atomic mass is 10.2. The van der Waals surface area contributed by atoms with Crippen LogP contribution in [0.3, 0.4) is 0 Å². The molecule has 1 fully saturated rings. The monoisotopic (exact) mass is 276 g/mol. The highest BCUT2D eigenvalue weighted by Gasteiger charge is 2.27. The number of nitrogens with zero attached hydrogens (tertiary/aromatic N) is 4. The molecule has 0 radical (unpaired) electrons. The standard InChI is InChI=1S/C12H16N6S/c13-11-15-10(16-12(14)17-11)7-18-5-1-3-8(18)9-4-2-6-19-9/h2,4,6,8H,1,3,5,7H2,(H4,13,14,15,16,17)/t8-/m0/s1. The van der Waals surface area contributed by atoms with Crippen LogP contribution in [0.5, 0.6) is 0 Å². The highest BCUT2D eigenvalue weighted by Crippen LogP contribution is 2.35. The molecule has 1 saturated heterocycles. The number of nitrogens with two attached hydrogens (primary N) is 2. The van der Waals surface area contributed by atoms with Crippen LogP contribution in [-0.2, 0) is 6.54 Å². The molecule has 3 heterocycles. The van der Waals surface area contributed by atoms with E-state index in [0.717, 1.165) is 6.54 Å². The summed E-state index contributed by atoms with van der Waals surface area (Å²) in [5, 5.41) is 2.12. The third-order valence-electron chi connectivity index (χ3n) is 3.30. The highest BCUT2D eigenvalue weighted by molar-refractivity contribution is 7.10. The summed E-state index contributed by atoms with van der Waals surface area (Å²) in [5.74, 6) is 1.03. The summed E-state index contributed by atoms with van der Waals surface area (Å²) in [6, 6.07) is 4.73. The molecule has 19 heavy (non-hydrogen) atoms. The van der Waals surface area contributed by atoms with E-state index in [2.05, 4.69) is 37.4 Å². The molecule has 1 aliphatic heterocycles. The number of anilines is 2. The van der Waals surface area contributed by atoms with E-state index < -0.39 is 0 Å². The summed E-state index contributed by atoms with van der Waals surface area (Å²) >= 11 is 1.80. The summed E-state index contributed by atoms with van der Waals surface area (Å²) < 4.78 is 0. The average molecular weight is 276 g/mol. The van der Waals surface area contributed by atoms with Crippen molar-refractivity contribution in [1.29, 1.82) is 0 Å². The van der Waals surface area contributed by atoms with Gasteiger partial charge in [0.25, 0.3) is 0 Å². The van der Waals surface area contributed by atoms with Gasteiger partial charge in [-0.15, -0.1) is 11.3 Å². The summed E-state index contributed by atoms with van der Waals surface area (Å²) in [4.78, 5) is 15.9. The van der Waals surface area contributed by atoms with Crippen molar-refractivity contribution in [2.75, 3.05) is 18.0 Å². The van der Waals surface area contributed by atoms with Gasteiger partial charge in [-0.2, -0.15) is 15.0 Å². The summed E-state index contributed by atoms with van der Waals surface area (Å²) in [6.07, 6.45) is 2.37. The van der Waals surface area contributed by atoms with Crippen LogP contribution in [0.1, 0.15) is 29.6 Å². The summed E-state index contributed by atoms with van der Waals surface area (Å²) in [7, 11) is 0. The van der Waals surface area contributed by atoms with Gasteiger partial charge >= 0.3 is 0 Å². The lowest BCUT2D eigenvalue weighted by Crippen LogP contribution is -2.24. The molecular weight excluding hydrogens is 260 g/mol. The third-order valence-corrected chi connectivity index (χ3v) is 4.27. The van der Waals surface area contributed by atoms with E-state index in [0.29, 0.717) is 18.4 Å². The van der Waals surface area contributed by atoms with Crippen molar-refractivity contribution >= 4 is 23.2 Å². The Labute approximate surface area is 115 Å². The van der Waals surface area contributed by atoms with Gasteiger partial charge in [0.1, 0.15) is 5.82 Å². The topological polar surface area (TPSA) is 93.9 Å². The van der Waals surface area contributed by atoms with Crippen molar-refractivity contribution in [1.82, 2.24) is 19.9 Å². The average Bonchev–Trinajstić information content (AvgIpc) is 2.96. The number of hydrogen-bond acceptors (Lipinski definition) is 7. The van der Waals surface area contributed by atoms with Crippen LogP contribution < -0.4 is 11.5 Å². The van der Waals surface area contributed by atoms with Crippen molar-refractivity contribution in [2.45, 2.75) is 25.4 Å². The molecule has 0 unspecified atom stereocenters.